The molecule has 0 aliphatic heterocycles. The van der Waals surface area contributed by atoms with Gasteiger partial charge in [-0.3, -0.25) is 0 Å². The maximum Gasteiger partial charge on any atom is 0.170 e. The lowest BCUT2D eigenvalue weighted by Crippen LogP contribution is -2.15. The van der Waals surface area contributed by atoms with Crippen LogP contribution in [0.1, 0.15) is 16.7 Å². The van der Waals surface area contributed by atoms with E-state index in [0.29, 0.717) is 0 Å². The van der Waals surface area contributed by atoms with Crippen LogP contribution in [0, 0.1) is 0 Å². The molecule has 15 heavy (non-hydrogen) atoms. The van der Waals surface area contributed by atoms with Gasteiger partial charge in [0.1, 0.15) is 5.76 Å². The number of nitrogens with two attached hydrogens (primary N) is 1. The summed E-state index contributed by atoms with van der Waals surface area (Å²) in [7, 11) is 1.64. The third kappa shape index (κ3) is 1.44. The summed E-state index contributed by atoms with van der Waals surface area (Å²) in [6, 6.07) is 5.66. The van der Waals surface area contributed by atoms with Crippen LogP contribution in [0.2, 0.25) is 0 Å². The second-order valence-electron chi connectivity index (χ2n) is 3.29. The molecule has 1 aliphatic carbocycles. The largest absolute Gasteiger partial charge is 0.496 e. The normalized spacial score (nSPS) is 14.7. The van der Waals surface area contributed by atoms with Crippen molar-refractivity contribution in [2.45, 2.75) is 6.42 Å². The second kappa shape index (κ2) is 3.65. The van der Waals surface area contributed by atoms with E-state index in [1.54, 1.807) is 7.11 Å². The number of fused-ring (bicyclic) bond motifs is 1. The third-order valence-corrected chi connectivity index (χ3v) is 2.54. The lowest BCUT2D eigenvalue weighted by atomic mass is 10.0. The Hall–Kier alpha value is -1.97. The first-order valence-corrected chi connectivity index (χ1v) is 4.62. The molecule has 4 heteroatoms. The highest BCUT2D eigenvalue weighted by Gasteiger charge is 2.18. The highest BCUT2D eigenvalue weighted by molar-refractivity contribution is 6.00. The number of hydrogen-bond acceptors (Lipinski definition) is 3. The maximum atomic E-state index is 8.66. The summed E-state index contributed by atoms with van der Waals surface area (Å²) in [4.78, 5) is 0. The Balaban J connectivity index is 2.53. The predicted molar refractivity (Wildman–Crippen MR) is 57.6 cm³/mol. The lowest BCUT2D eigenvalue weighted by Gasteiger charge is -2.08. The van der Waals surface area contributed by atoms with Gasteiger partial charge in [0.2, 0.25) is 0 Å². The van der Waals surface area contributed by atoms with Crippen LogP contribution >= 0.6 is 0 Å². The molecular formula is C11H12N2O2. The highest BCUT2D eigenvalue weighted by Crippen LogP contribution is 2.29. The van der Waals surface area contributed by atoms with E-state index < -0.39 is 0 Å². The summed E-state index contributed by atoms with van der Waals surface area (Å²) in [6.45, 7) is 0. The van der Waals surface area contributed by atoms with Crippen LogP contribution in [0.25, 0.3) is 5.76 Å². The number of ether oxygens (including phenoxy) is 1. The van der Waals surface area contributed by atoms with Gasteiger partial charge in [-0.2, -0.15) is 0 Å². The van der Waals surface area contributed by atoms with E-state index in [9.17, 15) is 0 Å². The second-order valence-corrected chi connectivity index (χ2v) is 3.29. The molecule has 0 radical (unpaired) electrons. The maximum absolute atomic E-state index is 8.66. The Kier molecular flexibility index (Phi) is 2.33. The Bertz CT molecular complexity index is 450. The molecule has 0 saturated heterocycles. The molecule has 0 spiro atoms. The first-order valence-electron chi connectivity index (χ1n) is 4.62. The fraction of sp³-hybridized carbons (Fsp3) is 0.182. The highest BCUT2D eigenvalue weighted by atomic mass is 16.5. The quantitative estimate of drug-likeness (QED) is 0.330. The van der Waals surface area contributed by atoms with Gasteiger partial charge in [0.05, 0.1) is 7.11 Å². The van der Waals surface area contributed by atoms with Gasteiger partial charge < -0.3 is 15.7 Å². The molecule has 0 unspecified atom stereocenters. The lowest BCUT2D eigenvalue weighted by molar-refractivity contribution is 0.318. The fourth-order valence-electron chi connectivity index (χ4n) is 1.83. The SMILES string of the molecule is COC1=CCc2c1cccc2/C(N)=N\O. The van der Waals surface area contributed by atoms with Gasteiger partial charge in [-0.05, 0) is 18.1 Å². The van der Waals surface area contributed by atoms with Crippen molar-refractivity contribution in [2.75, 3.05) is 7.11 Å². The summed E-state index contributed by atoms with van der Waals surface area (Å²) in [5.74, 6) is 0.982. The number of allylic oxidation sites excluding steroid dienone is 1. The van der Waals surface area contributed by atoms with E-state index in [0.717, 1.165) is 28.9 Å². The molecule has 0 amide bonds. The zero-order chi connectivity index (χ0) is 10.8. The van der Waals surface area contributed by atoms with Crippen LogP contribution in [-0.2, 0) is 11.2 Å². The van der Waals surface area contributed by atoms with E-state index in [2.05, 4.69) is 5.16 Å². The van der Waals surface area contributed by atoms with Crippen molar-refractivity contribution in [3.05, 3.63) is 41.0 Å². The molecule has 4 nitrogen and oxygen atoms in total. The van der Waals surface area contributed by atoms with Crippen LogP contribution in [-0.4, -0.2) is 18.2 Å². The van der Waals surface area contributed by atoms with Crippen molar-refractivity contribution < 1.29 is 9.94 Å². The summed E-state index contributed by atoms with van der Waals surface area (Å²) >= 11 is 0. The molecule has 0 aromatic heterocycles. The number of rotatable bonds is 2. The first-order chi connectivity index (χ1) is 7.27. The van der Waals surface area contributed by atoms with Crippen molar-refractivity contribution in [1.82, 2.24) is 0 Å². The molecule has 0 heterocycles. The summed E-state index contributed by atoms with van der Waals surface area (Å²) in [5.41, 5.74) is 8.41. The topological polar surface area (TPSA) is 67.8 Å². The van der Waals surface area contributed by atoms with Gasteiger partial charge in [-0.1, -0.05) is 23.4 Å². The molecule has 0 bridgehead atoms. The minimum absolute atomic E-state index is 0.137. The molecule has 0 fully saturated rings. The third-order valence-electron chi connectivity index (χ3n) is 2.54. The zero-order valence-electron chi connectivity index (χ0n) is 8.40. The number of nitrogens with zero attached hydrogens (tertiary/aromatic N) is 1. The number of amidine groups is 1. The molecule has 0 atom stereocenters. The van der Waals surface area contributed by atoms with E-state index in [4.69, 9.17) is 15.7 Å². The van der Waals surface area contributed by atoms with E-state index in [-0.39, 0.29) is 5.84 Å². The molecule has 1 aliphatic rings. The predicted octanol–water partition coefficient (Wildman–Crippen LogP) is 1.32. The molecule has 1 aromatic carbocycles. The van der Waals surface area contributed by atoms with E-state index in [1.165, 1.54) is 0 Å². The number of oxime groups is 1. The molecule has 1 aromatic rings. The Morgan fingerprint density at radius 3 is 3.00 bits per heavy atom. The van der Waals surface area contributed by atoms with Crippen molar-refractivity contribution >= 4 is 11.6 Å². The molecule has 78 valence electrons. The van der Waals surface area contributed by atoms with Crippen LogP contribution in [0.5, 0.6) is 0 Å². The summed E-state index contributed by atoms with van der Waals surface area (Å²) in [5, 5.41) is 11.7. The average molecular weight is 204 g/mol. The Labute approximate surface area is 87.7 Å². The molecule has 2 rings (SSSR count). The van der Waals surface area contributed by atoms with Crippen LogP contribution in [0.15, 0.2) is 29.4 Å². The van der Waals surface area contributed by atoms with Gasteiger partial charge in [-0.15, -0.1) is 0 Å². The van der Waals surface area contributed by atoms with Gasteiger partial charge in [0.25, 0.3) is 0 Å². The first kappa shape index (κ1) is 9.58. The van der Waals surface area contributed by atoms with Gasteiger partial charge in [-0.25, -0.2) is 0 Å². The summed E-state index contributed by atoms with van der Waals surface area (Å²) < 4.78 is 5.22. The fourth-order valence-corrected chi connectivity index (χ4v) is 1.83. The standard InChI is InChI=1S/C11H12N2O2/c1-15-10-6-5-7-8(10)3-2-4-9(7)11(12)13-14/h2-4,6,14H,5H2,1H3,(H2,12,13). The van der Waals surface area contributed by atoms with Crippen molar-refractivity contribution in [1.29, 1.82) is 0 Å². The van der Waals surface area contributed by atoms with Gasteiger partial charge in [0.15, 0.2) is 5.84 Å². The van der Waals surface area contributed by atoms with Crippen LogP contribution < -0.4 is 5.73 Å². The molecule has 0 saturated carbocycles. The average Bonchev–Trinajstić information content (AvgIpc) is 2.70. The van der Waals surface area contributed by atoms with Crippen molar-refractivity contribution in [3.8, 4) is 0 Å². The van der Waals surface area contributed by atoms with Crippen LogP contribution in [0.3, 0.4) is 0 Å². The van der Waals surface area contributed by atoms with E-state index in [1.807, 2.05) is 24.3 Å². The van der Waals surface area contributed by atoms with E-state index >= 15 is 0 Å². The number of benzene rings is 1. The smallest absolute Gasteiger partial charge is 0.170 e. The molecule has 3 N–H and O–H groups in total. The Morgan fingerprint density at radius 2 is 2.33 bits per heavy atom. The minimum atomic E-state index is 0.137. The Morgan fingerprint density at radius 1 is 1.53 bits per heavy atom. The minimum Gasteiger partial charge on any atom is -0.496 e. The van der Waals surface area contributed by atoms with Crippen LogP contribution in [0.4, 0.5) is 0 Å². The number of hydrogen-bond donors (Lipinski definition) is 2. The zero-order valence-corrected chi connectivity index (χ0v) is 8.40. The van der Waals surface area contributed by atoms with Gasteiger partial charge in [0, 0.05) is 11.1 Å². The monoisotopic (exact) mass is 204 g/mol. The van der Waals surface area contributed by atoms with Gasteiger partial charge >= 0.3 is 0 Å². The molecular weight excluding hydrogens is 192 g/mol. The summed E-state index contributed by atoms with van der Waals surface area (Å²) in [6.07, 6.45) is 2.74. The van der Waals surface area contributed by atoms with Crippen molar-refractivity contribution in [3.63, 3.8) is 0 Å². The number of methoxy groups -OCH3 is 1. The van der Waals surface area contributed by atoms with Crippen molar-refractivity contribution in [2.24, 2.45) is 10.9 Å².